The third kappa shape index (κ3) is 3.84. The molecule has 144 valence electrons. The summed E-state index contributed by atoms with van der Waals surface area (Å²) in [5.41, 5.74) is -0.127. The first-order valence-corrected chi connectivity index (χ1v) is 10.5. The third-order valence-electron chi connectivity index (χ3n) is 4.93. The van der Waals surface area contributed by atoms with E-state index < -0.39 is 10.0 Å². The van der Waals surface area contributed by atoms with Crippen LogP contribution in [-0.2, 0) is 10.0 Å². The van der Waals surface area contributed by atoms with Crippen molar-refractivity contribution in [3.63, 3.8) is 0 Å². The maximum Gasteiger partial charge on any atom is 0.266 e. The van der Waals surface area contributed by atoms with E-state index in [1.807, 2.05) is 0 Å². The molecule has 2 aromatic rings. The van der Waals surface area contributed by atoms with Crippen molar-refractivity contribution in [3.05, 3.63) is 46.9 Å². The summed E-state index contributed by atoms with van der Waals surface area (Å²) in [5.74, 6) is 1.00. The fourth-order valence-electron chi connectivity index (χ4n) is 3.56. The Labute approximate surface area is 157 Å². The zero-order valence-corrected chi connectivity index (χ0v) is 15.5. The van der Waals surface area contributed by atoms with Crippen molar-refractivity contribution in [1.29, 1.82) is 0 Å². The third-order valence-corrected chi connectivity index (χ3v) is 6.45. The number of fused-ring (bicyclic) bond motifs is 1. The lowest BCUT2D eigenvalue weighted by atomic mass is 9.92. The molecule has 0 unspecified atom stereocenters. The summed E-state index contributed by atoms with van der Waals surface area (Å²) in [4.78, 5) is 12.1. The average Bonchev–Trinajstić information content (AvgIpc) is 2.68. The fourth-order valence-corrected chi connectivity index (χ4v) is 4.88. The highest BCUT2D eigenvalue weighted by Crippen LogP contribution is 2.33. The van der Waals surface area contributed by atoms with Crippen molar-refractivity contribution < 1.29 is 17.9 Å². The zero-order chi connectivity index (χ0) is 18.9. The molecule has 4 rings (SSSR count). The number of rotatable bonds is 4. The lowest BCUT2D eigenvalue weighted by Crippen LogP contribution is -2.39. The van der Waals surface area contributed by atoms with Crippen molar-refractivity contribution in [2.75, 3.05) is 13.2 Å². The smallest absolute Gasteiger partial charge is 0.266 e. The molecule has 2 aliphatic rings. The molecule has 1 aliphatic carbocycles. The Morgan fingerprint density at radius 1 is 1.04 bits per heavy atom. The number of ether oxygens (including phenoxy) is 2. The van der Waals surface area contributed by atoms with E-state index in [-0.39, 0.29) is 22.5 Å². The Morgan fingerprint density at radius 3 is 2.52 bits per heavy atom. The Bertz CT molecular complexity index is 980. The molecule has 0 bridgehead atoms. The molecule has 0 spiro atoms. The Balaban J connectivity index is 1.42. The second kappa shape index (κ2) is 7.32. The Hall–Kier alpha value is -2.39. The quantitative estimate of drug-likeness (QED) is 0.847. The van der Waals surface area contributed by atoms with Crippen molar-refractivity contribution in [3.8, 4) is 11.5 Å². The number of hydrogen-bond donors (Lipinski definition) is 1. The summed E-state index contributed by atoms with van der Waals surface area (Å²) >= 11 is 0. The molecule has 2 heterocycles. The maximum atomic E-state index is 12.7. The van der Waals surface area contributed by atoms with E-state index in [2.05, 4.69) is 9.82 Å². The molecule has 1 fully saturated rings. The standard InChI is InChI=1S/C18H21N3O5S/c22-18-2-1-9-19-21(18)14-5-3-13(4-6-14)20-27(23,24)15-7-8-16-17(12-15)26-11-10-25-16/h1-2,7-9,12-14,20H,3-6,10-11H2. The minimum atomic E-state index is -3.65. The summed E-state index contributed by atoms with van der Waals surface area (Å²) < 4.78 is 40.6. The van der Waals surface area contributed by atoms with Gasteiger partial charge in [0.2, 0.25) is 10.0 Å². The largest absolute Gasteiger partial charge is 0.486 e. The SMILES string of the molecule is O=c1cccnn1C1CCC(NS(=O)(=O)c2ccc3c(c2)OCCO3)CC1. The van der Waals surface area contributed by atoms with Gasteiger partial charge in [0.25, 0.3) is 5.56 Å². The molecular weight excluding hydrogens is 370 g/mol. The molecule has 0 amide bonds. The van der Waals surface area contributed by atoms with E-state index >= 15 is 0 Å². The molecule has 8 nitrogen and oxygen atoms in total. The van der Waals surface area contributed by atoms with Gasteiger partial charge in [0.15, 0.2) is 11.5 Å². The summed E-state index contributed by atoms with van der Waals surface area (Å²) in [6.07, 6.45) is 4.30. The summed E-state index contributed by atoms with van der Waals surface area (Å²) in [6.45, 7) is 0.862. The summed E-state index contributed by atoms with van der Waals surface area (Å²) in [6, 6.07) is 7.58. The molecule has 9 heteroatoms. The number of nitrogens with one attached hydrogen (secondary N) is 1. The minimum Gasteiger partial charge on any atom is -0.486 e. The van der Waals surface area contributed by atoms with Crippen molar-refractivity contribution in [2.45, 2.75) is 42.7 Å². The molecule has 1 aromatic heterocycles. The van der Waals surface area contributed by atoms with Gasteiger partial charge in [-0.15, -0.1) is 0 Å². The van der Waals surface area contributed by atoms with E-state index in [0.717, 1.165) is 0 Å². The van der Waals surface area contributed by atoms with E-state index in [1.54, 1.807) is 18.3 Å². The highest BCUT2D eigenvalue weighted by molar-refractivity contribution is 7.89. The number of nitrogens with zero attached hydrogens (tertiary/aromatic N) is 2. The topological polar surface area (TPSA) is 99.5 Å². The molecular formula is C18H21N3O5S. The van der Waals surface area contributed by atoms with Crippen molar-refractivity contribution in [2.24, 2.45) is 0 Å². The van der Waals surface area contributed by atoms with Gasteiger partial charge in [0, 0.05) is 24.4 Å². The van der Waals surface area contributed by atoms with Crippen molar-refractivity contribution >= 4 is 10.0 Å². The van der Waals surface area contributed by atoms with Gasteiger partial charge in [-0.1, -0.05) is 0 Å². The normalized spacial score (nSPS) is 22.4. The van der Waals surface area contributed by atoms with Crippen molar-refractivity contribution in [1.82, 2.24) is 14.5 Å². The predicted molar refractivity (Wildman–Crippen MR) is 97.5 cm³/mol. The van der Waals surface area contributed by atoms with E-state index in [4.69, 9.17) is 9.47 Å². The lowest BCUT2D eigenvalue weighted by molar-refractivity contribution is 0.171. The van der Waals surface area contributed by atoms with Gasteiger partial charge in [-0.05, 0) is 43.9 Å². The number of sulfonamides is 1. The van der Waals surface area contributed by atoms with Crippen LogP contribution in [0.1, 0.15) is 31.7 Å². The molecule has 27 heavy (non-hydrogen) atoms. The van der Waals surface area contributed by atoms with Crippen LogP contribution < -0.4 is 19.8 Å². The average molecular weight is 391 g/mol. The van der Waals surface area contributed by atoms with E-state index in [0.29, 0.717) is 50.4 Å². The van der Waals surface area contributed by atoms with Gasteiger partial charge in [-0.3, -0.25) is 4.79 Å². The van der Waals surface area contributed by atoms with Crippen LogP contribution in [0.15, 0.2) is 46.2 Å². The van der Waals surface area contributed by atoms with Gasteiger partial charge < -0.3 is 9.47 Å². The molecule has 1 saturated carbocycles. The summed E-state index contributed by atoms with van der Waals surface area (Å²) in [5, 5.41) is 4.13. The Kier molecular flexibility index (Phi) is 4.88. The highest BCUT2D eigenvalue weighted by atomic mass is 32.2. The first-order chi connectivity index (χ1) is 13.0. The van der Waals surface area contributed by atoms with Gasteiger partial charge in [-0.2, -0.15) is 5.10 Å². The predicted octanol–water partition coefficient (Wildman–Crippen LogP) is 1.48. The van der Waals surface area contributed by atoms with Gasteiger partial charge in [0.1, 0.15) is 13.2 Å². The van der Waals surface area contributed by atoms with E-state index in [1.165, 1.54) is 22.9 Å². The van der Waals surface area contributed by atoms with Gasteiger partial charge in [0.05, 0.1) is 10.9 Å². The van der Waals surface area contributed by atoms with Crippen LogP contribution in [0.25, 0.3) is 0 Å². The van der Waals surface area contributed by atoms with Crippen LogP contribution in [-0.4, -0.2) is 37.5 Å². The molecule has 1 aliphatic heterocycles. The van der Waals surface area contributed by atoms with Gasteiger partial charge in [-0.25, -0.2) is 17.8 Å². The second-order valence-electron chi connectivity index (χ2n) is 6.74. The first kappa shape index (κ1) is 18.0. The van der Waals surface area contributed by atoms with Crippen LogP contribution in [0.5, 0.6) is 11.5 Å². The maximum absolute atomic E-state index is 12.7. The molecule has 0 saturated heterocycles. The summed E-state index contributed by atoms with van der Waals surface area (Å²) in [7, 11) is -3.65. The Morgan fingerprint density at radius 2 is 1.78 bits per heavy atom. The van der Waals surface area contributed by atoms with E-state index in [9.17, 15) is 13.2 Å². The fraction of sp³-hybridized carbons (Fsp3) is 0.444. The molecule has 0 radical (unpaired) electrons. The van der Waals surface area contributed by atoms with Crippen LogP contribution in [0, 0.1) is 0 Å². The molecule has 1 N–H and O–H groups in total. The lowest BCUT2D eigenvalue weighted by Gasteiger charge is -2.29. The first-order valence-electron chi connectivity index (χ1n) is 8.99. The monoisotopic (exact) mass is 391 g/mol. The van der Waals surface area contributed by atoms with Crippen LogP contribution in [0.3, 0.4) is 0 Å². The number of benzene rings is 1. The molecule has 0 atom stereocenters. The number of aromatic nitrogens is 2. The highest BCUT2D eigenvalue weighted by Gasteiger charge is 2.28. The minimum absolute atomic E-state index is 0.00810. The van der Waals surface area contributed by atoms with Gasteiger partial charge >= 0.3 is 0 Å². The van der Waals surface area contributed by atoms with Crippen LogP contribution in [0.4, 0.5) is 0 Å². The zero-order valence-electron chi connectivity index (χ0n) is 14.7. The van der Waals surface area contributed by atoms with Crippen LogP contribution in [0.2, 0.25) is 0 Å². The second-order valence-corrected chi connectivity index (χ2v) is 8.45. The van der Waals surface area contributed by atoms with Crippen LogP contribution >= 0.6 is 0 Å². The molecule has 1 aromatic carbocycles. The number of hydrogen-bond acceptors (Lipinski definition) is 6.